The quantitative estimate of drug-likeness (QED) is 0.672. The van der Waals surface area contributed by atoms with Crippen molar-refractivity contribution in [2.45, 2.75) is 25.4 Å². The Hall–Kier alpha value is -1.03. The van der Waals surface area contributed by atoms with Gasteiger partial charge in [0.1, 0.15) is 5.82 Å². The van der Waals surface area contributed by atoms with Gasteiger partial charge in [0.15, 0.2) is 0 Å². The Kier molecular flexibility index (Phi) is 2.00. The molecule has 0 radical (unpaired) electrons. The normalized spacial score (nSPS) is 29.2. The molecule has 0 bridgehead atoms. The Morgan fingerprint density at radius 3 is 3.15 bits per heavy atom. The van der Waals surface area contributed by atoms with Crippen LogP contribution in [-0.2, 0) is 0 Å². The lowest BCUT2D eigenvalue weighted by molar-refractivity contribution is 0.0447. The van der Waals surface area contributed by atoms with Crippen LogP contribution in [0.2, 0.25) is 0 Å². The number of nitrogens with zero attached hydrogens (tertiary/aromatic N) is 2. The molecule has 1 aliphatic rings. The van der Waals surface area contributed by atoms with Gasteiger partial charge in [0.2, 0.25) is 0 Å². The predicted molar refractivity (Wildman–Crippen MR) is 50.7 cm³/mol. The highest BCUT2D eigenvalue weighted by molar-refractivity contribution is 5.37. The van der Waals surface area contributed by atoms with Crippen molar-refractivity contribution < 1.29 is 5.11 Å². The van der Waals surface area contributed by atoms with E-state index >= 15 is 0 Å². The molecule has 2 heterocycles. The summed E-state index contributed by atoms with van der Waals surface area (Å²) >= 11 is 0. The topological polar surface area (TPSA) is 52.1 Å². The summed E-state index contributed by atoms with van der Waals surface area (Å²) in [6, 6.07) is 1.93. The zero-order valence-corrected chi connectivity index (χ0v) is 7.82. The summed E-state index contributed by atoms with van der Waals surface area (Å²) in [5, 5.41) is 16.7. The summed E-state index contributed by atoms with van der Waals surface area (Å²) in [5.74, 6) is 0.931. The van der Waals surface area contributed by atoms with Crippen molar-refractivity contribution >= 4 is 5.82 Å². The first kappa shape index (κ1) is 8.56. The van der Waals surface area contributed by atoms with E-state index in [1.165, 1.54) is 0 Å². The smallest absolute Gasteiger partial charge is 0.150 e. The second kappa shape index (κ2) is 3.03. The zero-order valence-electron chi connectivity index (χ0n) is 7.82. The molecular weight excluding hydrogens is 166 g/mol. The molecule has 0 amide bonds. The first-order chi connectivity index (χ1) is 6.17. The van der Waals surface area contributed by atoms with Gasteiger partial charge in [-0.1, -0.05) is 0 Å². The van der Waals surface area contributed by atoms with Gasteiger partial charge in [-0.05, 0) is 19.8 Å². The van der Waals surface area contributed by atoms with Gasteiger partial charge in [0, 0.05) is 25.4 Å². The number of aromatic amines is 1. The van der Waals surface area contributed by atoms with Crippen LogP contribution in [0.3, 0.4) is 0 Å². The van der Waals surface area contributed by atoms with E-state index in [0.29, 0.717) is 6.54 Å². The third-order valence-corrected chi connectivity index (χ3v) is 2.48. The molecule has 1 unspecified atom stereocenters. The van der Waals surface area contributed by atoms with Gasteiger partial charge in [-0.3, -0.25) is 5.10 Å². The van der Waals surface area contributed by atoms with Crippen LogP contribution in [0.4, 0.5) is 5.82 Å². The van der Waals surface area contributed by atoms with E-state index in [0.717, 1.165) is 25.2 Å². The van der Waals surface area contributed by atoms with E-state index in [2.05, 4.69) is 15.1 Å². The van der Waals surface area contributed by atoms with Crippen LogP contribution in [0.25, 0.3) is 0 Å². The fraction of sp³-hybridized carbons (Fsp3) is 0.667. The summed E-state index contributed by atoms with van der Waals surface area (Å²) in [5.41, 5.74) is -0.558. The SMILES string of the molecule is CC1(O)CCCN(c2cc[nH]n2)C1. The molecule has 1 aromatic rings. The average molecular weight is 181 g/mol. The number of hydrogen-bond donors (Lipinski definition) is 2. The highest BCUT2D eigenvalue weighted by Crippen LogP contribution is 2.23. The average Bonchev–Trinajstić information content (AvgIpc) is 2.53. The lowest BCUT2D eigenvalue weighted by Crippen LogP contribution is -2.46. The molecule has 1 saturated heterocycles. The summed E-state index contributed by atoms with van der Waals surface area (Å²) in [7, 11) is 0. The largest absolute Gasteiger partial charge is 0.388 e. The third-order valence-electron chi connectivity index (χ3n) is 2.48. The number of H-pyrrole nitrogens is 1. The summed E-state index contributed by atoms with van der Waals surface area (Å²) in [6.07, 6.45) is 3.71. The van der Waals surface area contributed by atoms with Crippen LogP contribution in [0.1, 0.15) is 19.8 Å². The minimum atomic E-state index is -0.558. The fourth-order valence-electron chi connectivity index (χ4n) is 1.84. The summed E-state index contributed by atoms with van der Waals surface area (Å²) < 4.78 is 0. The first-order valence-electron chi connectivity index (χ1n) is 4.64. The Bertz CT molecular complexity index is 268. The molecule has 0 saturated carbocycles. The number of piperidine rings is 1. The predicted octanol–water partition coefficient (Wildman–Crippen LogP) is 0.761. The number of β-amino-alcohol motifs (C(OH)–C–C–N with tert-alkyl or cyclic N) is 1. The highest BCUT2D eigenvalue weighted by Gasteiger charge is 2.28. The van der Waals surface area contributed by atoms with Crippen molar-refractivity contribution in [1.29, 1.82) is 0 Å². The summed E-state index contributed by atoms with van der Waals surface area (Å²) in [4.78, 5) is 2.11. The lowest BCUT2D eigenvalue weighted by Gasteiger charge is -2.36. The van der Waals surface area contributed by atoms with Crippen molar-refractivity contribution in [3.05, 3.63) is 12.3 Å². The number of aliphatic hydroxyl groups is 1. The molecule has 72 valence electrons. The molecule has 4 heteroatoms. The highest BCUT2D eigenvalue weighted by atomic mass is 16.3. The lowest BCUT2D eigenvalue weighted by atomic mass is 9.95. The van der Waals surface area contributed by atoms with E-state index in [9.17, 15) is 5.11 Å². The number of nitrogens with one attached hydrogen (secondary N) is 1. The molecule has 4 nitrogen and oxygen atoms in total. The van der Waals surface area contributed by atoms with Gasteiger partial charge in [-0.15, -0.1) is 0 Å². The summed E-state index contributed by atoms with van der Waals surface area (Å²) in [6.45, 7) is 3.55. The molecule has 2 rings (SSSR count). The van der Waals surface area contributed by atoms with Gasteiger partial charge >= 0.3 is 0 Å². The molecule has 1 atom stereocenters. The van der Waals surface area contributed by atoms with Crippen molar-refractivity contribution in [1.82, 2.24) is 10.2 Å². The number of rotatable bonds is 1. The van der Waals surface area contributed by atoms with E-state index < -0.39 is 5.60 Å². The van der Waals surface area contributed by atoms with E-state index in [-0.39, 0.29) is 0 Å². The molecular formula is C9H15N3O. The number of anilines is 1. The molecule has 13 heavy (non-hydrogen) atoms. The van der Waals surface area contributed by atoms with Gasteiger partial charge in [-0.25, -0.2) is 0 Å². The van der Waals surface area contributed by atoms with E-state index in [1.54, 1.807) is 6.20 Å². The van der Waals surface area contributed by atoms with Crippen LogP contribution in [0.15, 0.2) is 12.3 Å². The van der Waals surface area contributed by atoms with Crippen LogP contribution in [0, 0.1) is 0 Å². The third kappa shape index (κ3) is 1.83. The molecule has 0 aliphatic carbocycles. The maximum Gasteiger partial charge on any atom is 0.150 e. The Morgan fingerprint density at radius 2 is 2.54 bits per heavy atom. The molecule has 1 aromatic heterocycles. The van der Waals surface area contributed by atoms with Crippen molar-refractivity contribution in [2.24, 2.45) is 0 Å². The Labute approximate surface area is 77.6 Å². The monoisotopic (exact) mass is 181 g/mol. The second-order valence-corrected chi connectivity index (χ2v) is 3.95. The van der Waals surface area contributed by atoms with Gasteiger partial charge in [0.25, 0.3) is 0 Å². The van der Waals surface area contributed by atoms with Crippen molar-refractivity contribution in [3.8, 4) is 0 Å². The maximum atomic E-state index is 9.86. The molecule has 2 N–H and O–H groups in total. The Morgan fingerprint density at radius 1 is 1.69 bits per heavy atom. The molecule has 0 aromatic carbocycles. The van der Waals surface area contributed by atoms with E-state index in [4.69, 9.17) is 0 Å². The zero-order chi connectivity index (χ0) is 9.31. The molecule has 1 aliphatic heterocycles. The standard InChI is InChI=1S/C9H15N3O/c1-9(13)4-2-6-12(7-9)8-3-5-10-11-8/h3,5,13H,2,4,6-7H2,1H3,(H,10,11). The van der Waals surface area contributed by atoms with Crippen LogP contribution in [0.5, 0.6) is 0 Å². The van der Waals surface area contributed by atoms with Crippen LogP contribution in [-0.4, -0.2) is 34.0 Å². The Balaban J connectivity index is 2.09. The first-order valence-corrected chi connectivity index (χ1v) is 4.64. The number of hydrogen-bond acceptors (Lipinski definition) is 3. The number of aromatic nitrogens is 2. The molecule has 1 fully saturated rings. The van der Waals surface area contributed by atoms with E-state index in [1.807, 2.05) is 13.0 Å². The minimum Gasteiger partial charge on any atom is -0.388 e. The fourth-order valence-corrected chi connectivity index (χ4v) is 1.84. The van der Waals surface area contributed by atoms with Crippen molar-refractivity contribution in [3.63, 3.8) is 0 Å². The van der Waals surface area contributed by atoms with Crippen molar-refractivity contribution in [2.75, 3.05) is 18.0 Å². The van der Waals surface area contributed by atoms with Gasteiger partial charge in [0.05, 0.1) is 5.60 Å². The van der Waals surface area contributed by atoms with Crippen LogP contribution < -0.4 is 4.90 Å². The minimum absolute atomic E-state index is 0.558. The van der Waals surface area contributed by atoms with Gasteiger partial charge in [-0.2, -0.15) is 5.10 Å². The molecule has 0 spiro atoms. The van der Waals surface area contributed by atoms with Gasteiger partial charge < -0.3 is 10.0 Å². The van der Waals surface area contributed by atoms with Crippen LogP contribution >= 0.6 is 0 Å². The maximum absolute atomic E-state index is 9.86. The second-order valence-electron chi connectivity index (χ2n) is 3.95.